The average Bonchev–Trinajstić information content (AvgIpc) is 3.52. The van der Waals surface area contributed by atoms with Crippen molar-refractivity contribution < 1.29 is 24.2 Å². The number of nitrogens with zero attached hydrogens (tertiary/aromatic N) is 1. The average molecular weight is 495 g/mol. The maximum Gasteiger partial charge on any atom is 0.407 e. The lowest BCUT2D eigenvalue weighted by Gasteiger charge is -2.30. The number of carboxylic acids is 1. The Morgan fingerprint density at radius 2 is 1.74 bits per heavy atom. The van der Waals surface area contributed by atoms with Crippen LogP contribution in [0.25, 0.3) is 11.1 Å². The minimum absolute atomic E-state index is 0.0286. The van der Waals surface area contributed by atoms with Crippen LogP contribution in [-0.2, 0) is 14.3 Å². The monoisotopic (exact) mass is 494 g/mol. The molecule has 1 aliphatic heterocycles. The third kappa shape index (κ3) is 4.63. The van der Waals surface area contributed by atoms with Crippen molar-refractivity contribution in [3.05, 3.63) is 59.7 Å². The number of amides is 2. The minimum atomic E-state index is -0.773. The van der Waals surface area contributed by atoms with Crippen LogP contribution in [0, 0.1) is 17.8 Å². The van der Waals surface area contributed by atoms with E-state index in [1.165, 1.54) is 0 Å². The molecular weight excluding hydrogens is 464 g/mol. The number of fused-ring (bicyclic) bond motifs is 4. The van der Waals surface area contributed by atoms with Gasteiger partial charge in [-0.3, -0.25) is 9.59 Å². The number of alkyl carbamates (subject to hydrolysis) is 1. The van der Waals surface area contributed by atoms with Gasteiger partial charge in [0.05, 0.1) is 5.92 Å². The van der Waals surface area contributed by atoms with Crippen LogP contribution in [0.5, 0.6) is 0 Å². The second-order valence-corrected chi connectivity index (χ2v) is 10.6. The zero-order valence-corrected chi connectivity index (χ0v) is 20.5. The maximum atomic E-state index is 13.3. The molecule has 1 heterocycles. The van der Waals surface area contributed by atoms with Crippen molar-refractivity contribution in [2.24, 2.45) is 17.8 Å². The highest BCUT2D eigenvalue weighted by molar-refractivity contribution is 7.98. The van der Waals surface area contributed by atoms with Crippen molar-refractivity contribution in [2.45, 2.75) is 24.8 Å². The van der Waals surface area contributed by atoms with E-state index in [2.05, 4.69) is 29.6 Å². The lowest BCUT2D eigenvalue weighted by atomic mass is 9.98. The quantitative estimate of drug-likeness (QED) is 0.579. The first-order chi connectivity index (χ1) is 17.0. The molecule has 0 bridgehead atoms. The largest absolute Gasteiger partial charge is 0.481 e. The van der Waals surface area contributed by atoms with Crippen LogP contribution in [-0.4, -0.2) is 65.7 Å². The van der Waals surface area contributed by atoms with Gasteiger partial charge >= 0.3 is 12.1 Å². The van der Waals surface area contributed by atoms with Crippen molar-refractivity contribution in [1.82, 2.24) is 10.2 Å². The number of hydrogen-bond donors (Lipinski definition) is 2. The van der Waals surface area contributed by atoms with Gasteiger partial charge in [-0.25, -0.2) is 4.79 Å². The van der Waals surface area contributed by atoms with Gasteiger partial charge in [-0.1, -0.05) is 48.5 Å². The zero-order chi connectivity index (χ0) is 24.5. The number of carbonyl (C=O) groups excluding carboxylic acids is 2. The maximum absolute atomic E-state index is 13.3. The molecule has 184 valence electrons. The standard InChI is InChI=1S/C27H30N2O5S/c1-35-13-11-23(25(30)29-12-10-20-21(14-29)24(20)26(31)32)28-27(33)34-15-22-18-8-4-2-6-16(18)17-7-3-5-9-19(17)22/h2-9,20-24H,10-15H2,1H3,(H,28,33)(H,31,32)/t20-,21+,23+,24?/m1/s1. The number of carboxylic acid groups (broad SMARTS) is 1. The number of rotatable bonds is 8. The number of nitrogens with one attached hydrogen (secondary N) is 1. The summed E-state index contributed by atoms with van der Waals surface area (Å²) in [4.78, 5) is 39.2. The first-order valence-corrected chi connectivity index (χ1v) is 13.5. The summed E-state index contributed by atoms with van der Waals surface area (Å²) in [5.41, 5.74) is 4.59. The molecule has 2 aliphatic carbocycles. The van der Waals surface area contributed by atoms with E-state index < -0.39 is 18.1 Å². The molecule has 3 aliphatic rings. The number of benzene rings is 2. The lowest BCUT2D eigenvalue weighted by molar-refractivity contribution is -0.139. The Morgan fingerprint density at radius 1 is 1.09 bits per heavy atom. The summed E-state index contributed by atoms with van der Waals surface area (Å²) in [6, 6.07) is 15.6. The Bertz CT molecular complexity index is 1090. The second-order valence-electron chi connectivity index (χ2n) is 9.57. The Hall–Kier alpha value is -3.00. The molecule has 2 aromatic rings. The zero-order valence-electron chi connectivity index (χ0n) is 19.7. The fraction of sp³-hybridized carbons (Fsp3) is 0.444. The van der Waals surface area contributed by atoms with Gasteiger partial charge in [0.1, 0.15) is 12.6 Å². The molecule has 7 nitrogen and oxygen atoms in total. The first kappa shape index (κ1) is 23.7. The predicted molar refractivity (Wildman–Crippen MR) is 134 cm³/mol. The molecule has 2 fully saturated rings. The summed E-state index contributed by atoms with van der Waals surface area (Å²) < 4.78 is 5.66. The molecule has 4 atom stereocenters. The highest BCUT2D eigenvalue weighted by Gasteiger charge is 2.57. The lowest BCUT2D eigenvalue weighted by Crippen LogP contribution is -2.50. The van der Waals surface area contributed by atoms with Gasteiger partial charge < -0.3 is 20.1 Å². The van der Waals surface area contributed by atoms with Crippen LogP contribution in [0.15, 0.2) is 48.5 Å². The third-order valence-corrected chi connectivity index (χ3v) is 8.28. The Labute approximate surface area is 209 Å². The Balaban J connectivity index is 1.22. The van der Waals surface area contributed by atoms with Gasteiger partial charge in [-0.15, -0.1) is 0 Å². The van der Waals surface area contributed by atoms with E-state index in [0.717, 1.165) is 28.0 Å². The van der Waals surface area contributed by atoms with Crippen molar-refractivity contribution >= 4 is 29.7 Å². The van der Waals surface area contributed by atoms with E-state index in [1.807, 2.05) is 30.5 Å². The summed E-state index contributed by atoms with van der Waals surface area (Å²) in [7, 11) is 0. The number of carbonyl (C=O) groups is 3. The fourth-order valence-electron chi connectivity index (χ4n) is 5.80. The molecule has 2 aromatic carbocycles. The van der Waals surface area contributed by atoms with Crippen LogP contribution in [0.2, 0.25) is 0 Å². The summed E-state index contributed by atoms with van der Waals surface area (Å²) in [5, 5.41) is 12.1. The van der Waals surface area contributed by atoms with Gasteiger partial charge in [0.25, 0.3) is 0 Å². The van der Waals surface area contributed by atoms with Crippen LogP contribution in [0.4, 0.5) is 4.79 Å². The number of piperidine rings is 1. The molecule has 0 aromatic heterocycles. The van der Waals surface area contributed by atoms with Crippen LogP contribution < -0.4 is 5.32 Å². The van der Waals surface area contributed by atoms with Crippen molar-refractivity contribution in [3.63, 3.8) is 0 Å². The number of likely N-dealkylation sites (tertiary alicyclic amines) is 1. The van der Waals surface area contributed by atoms with Crippen LogP contribution in [0.3, 0.4) is 0 Å². The van der Waals surface area contributed by atoms with Crippen molar-refractivity contribution in [3.8, 4) is 11.1 Å². The van der Waals surface area contributed by atoms with E-state index in [-0.39, 0.29) is 36.2 Å². The van der Waals surface area contributed by atoms with Crippen molar-refractivity contribution in [2.75, 3.05) is 31.7 Å². The molecule has 1 saturated heterocycles. The molecular formula is C27H30N2O5S. The Morgan fingerprint density at radius 3 is 2.37 bits per heavy atom. The number of ether oxygens (including phenoxy) is 1. The fourth-order valence-corrected chi connectivity index (χ4v) is 6.27. The SMILES string of the molecule is CSCC[C@H](NC(=O)OCC1c2ccccc2-c2ccccc21)C(=O)N1CC[C@H]2C(C(=O)O)[C@H]2C1. The van der Waals surface area contributed by atoms with Gasteiger partial charge in [0, 0.05) is 19.0 Å². The number of thioether (sulfide) groups is 1. The molecule has 0 radical (unpaired) electrons. The number of hydrogen-bond acceptors (Lipinski definition) is 5. The van der Waals surface area contributed by atoms with Gasteiger partial charge in [0.15, 0.2) is 0 Å². The molecule has 0 spiro atoms. The topological polar surface area (TPSA) is 95.9 Å². The van der Waals surface area contributed by atoms with E-state index in [1.54, 1.807) is 16.7 Å². The van der Waals surface area contributed by atoms with Crippen LogP contribution in [0.1, 0.15) is 29.9 Å². The molecule has 1 saturated carbocycles. The summed E-state index contributed by atoms with van der Waals surface area (Å²) in [6.07, 6.45) is 2.56. The van der Waals surface area contributed by atoms with Gasteiger partial charge in [0.2, 0.25) is 5.91 Å². The molecule has 35 heavy (non-hydrogen) atoms. The minimum Gasteiger partial charge on any atom is -0.481 e. The molecule has 2 N–H and O–H groups in total. The van der Waals surface area contributed by atoms with E-state index >= 15 is 0 Å². The molecule has 2 amide bonds. The summed E-state index contributed by atoms with van der Waals surface area (Å²) in [6.45, 7) is 1.17. The normalized spacial score (nSPS) is 23.0. The summed E-state index contributed by atoms with van der Waals surface area (Å²) >= 11 is 1.61. The highest BCUT2D eigenvalue weighted by atomic mass is 32.2. The van der Waals surface area contributed by atoms with E-state index in [0.29, 0.717) is 25.9 Å². The van der Waals surface area contributed by atoms with E-state index in [4.69, 9.17) is 4.74 Å². The van der Waals surface area contributed by atoms with Crippen molar-refractivity contribution in [1.29, 1.82) is 0 Å². The Kier molecular flexibility index (Phi) is 6.73. The molecule has 5 rings (SSSR count). The van der Waals surface area contributed by atoms with Gasteiger partial charge in [-0.05, 0) is 58.9 Å². The first-order valence-electron chi connectivity index (χ1n) is 12.1. The van der Waals surface area contributed by atoms with Crippen LogP contribution >= 0.6 is 11.8 Å². The highest BCUT2D eigenvalue weighted by Crippen LogP contribution is 2.51. The predicted octanol–water partition coefficient (Wildman–Crippen LogP) is 3.83. The third-order valence-electron chi connectivity index (χ3n) is 7.64. The molecule has 1 unspecified atom stereocenters. The molecule has 8 heteroatoms. The second kappa shape index (κ2) is 9.93. The number of aliphatic carboxylic acids is 1. The van der Waals surface area contributed by atoms with Gasteiger partial charge in [-0.2, -0.15) is 11.8 Å². The van der Waals surface area contributed by atoms with E-state index in [9.17, 15) is 19.5 Å². The smallest absolute Gasteiger partial charge is 0.407 e. The summed E-state index contributed by atoms with van der Waals surface area (Å²) in [5.74, 6) is -0.385.